The van der Waals surface area contributed by atoms with Gasteiger partial charge in [0.1, 0.15) is 0 Å². The summed E-state index contributed by atoms with van der Waals surface area (Å²) in [7, 11) is 0. The average Bonchev–Trinajstić information content (AvgIpc) is 2.86. The first kappa shape index (κ1) is 12.3. The quantitative estimate of drug-likeness (QED) is 0.727. The molecule has 0 aliphatic heterocycles. The standard InChI is InChI=1S/C15H18NS/c1-3-4-8-12(2)15-14(16-11-17-15)13-9-6-5-7-10-13/h5-7,9-12H,2-4,8H2,1H3. The molecule has 0 amide bonds. The summed E-state index contributed by atoms with van der Waals surface area (Å²) in [5.74, 6) is 0.373. The van der Waals surface area contributed by atoms with E-state index >= 15 is 0 Å². The van der Waals surface area contributed by atoms with Crippen LogP contribution in [-0.4, -0.2) is 4.98 Å². The molecular weight excluding hydrogens is 226 g/mol. The zero-order chi connectivity index (χ0) is 12.1. The average molecular weight is 244 g/mol. The summed E-state index contributed by atoms with van der Waals surface area (Å²) in [5.41, 5.74) is 4.25. The van der Waals surface area contributed by atoms with E-state index in [0.717, 1.165) is 12.1 Å². The summed E-state index contributed by atoms with van der Waals surface area (Å²) in [4.78, 5) is 5.82. The minimum atomic E-state index is 0.373. The van der Waals surface area contributed by atoms with Gasteiger partial charge in [-0.3, -0.25) is 0 Å². The predicted octanol–water partition coefficient (Wildman–Crippen LogP) is 4.92. The Bertz CT molecular complexity index is 447. The minimum absolute atomic E-state index is 0.373. The Balaban J connectivity index is 2.23. The number of hydrogen-bond acceptors (Lipinski definition) is 2. The van der Waals surface area contributed by atoms with Crippen molar-refractivity contribution in [1.29, 1.82) is 0 Å². The molecule has 0 saturated carbocycles. The molecule has 1 atom stereocenters. The molecule has 0 bridgehead atoms. The van der Waals surface area contributed by atoms with E-state index in [0.29, 0.717) is 5.92 Å². The number of aromatic nitrogens is 1. The van der Waals surface area contributed by atoms with Crippen LogP contribution in [0.25, 0.3) is 11.3 Å². The molecule has 1 unspecified atom stereocenters. The number of rotatable bonds is 5. The van der Waals surface area contributed by atoms with E-state index in [1.54, 1.807) is 11.3 Å². The molecule has 89 valence electrons. The van der Waals surface area contributed by atoms with E-state index in [-0.39, 0.29) is 0 Å². The van der Waals surface area contributed by atoms with Crippen molar-refractivity contribution in [2.24, 2.45) is 0 Å². The lowest BCUT2D eigenvalue weighted by Crippen LogP contribution is -1.93. The summed E-state index contributed by atoms with van der Waals surface area (Å²) in [6, 6.07) is 10.4. The van der Waals surface area contributed by atoms with Crippen LogP contribution >= 0.6 is 11.3 Å². The highest BCUT2D eigenvalue weighted by molar-refractivity contribution is 7.10. The van der Waals surface area contributed by atoms with Crippen LogP contribution in [0.3, 0.4) is 0 Å². The zero-order valence-electron chi connectivity index (χ0n) is 10.2. The molecule has 0 fully saturated rings. The molecule has 2 heteroatoms. The second-order valence-corrected chi connectivity index (χ2v) is 5.16. The van der Waals surface area contributed by atoms with Crippen LogP contribution in [0, 0.1) is 6.92 Å². The van der Waals surface area contributed by atoms with Gasteiger partial charge in [0.25, 0.3) is 0 Å². The van der Waals surface area contributed by atoms with Gasteiger partial charge in [-0.2, -0.15) is 0 Å². The van der Waals surface area contributed by atoms with E-state index in [4.69, 9.17) is 0 Å². The van der Waals surface area contributed by atoms with Crippen LogP contribution in [0.1, 0.15) is 37.0 Å². The van der Waals surface area contributed by atoms with Gasteiger partial charge in [0.2, 0.25) is 0 Å². The van der Waals surface area contributed by atoms with Crippen molar-refractivity contribution in [2.45, 2.75) is 32.1 Å². The first-order valence-corrected chi connectivity index (χ1v) is 7.02. The summed E-state index contributed by atoms with van der Waals surface area (Å²) >= 11 is 1.73. The van der Waals surface area contributed by atoms with Crippen molar-refractivity contribution >= 4 is 11.3 Å². The third-order valence-corrected chi connectivity index (χ3v) is 3.91. The van der Waals surface area contributed by atoms with Crippen molar-refractivity contribution in [3.63, 3.8) is 0 Å². The Hall–Kier alpha value is -1.15. The predicted molar refractivity (Wildman–Crippen MR) is 75.2 cm³/mol. The Morgan fingerprint density at radius 3 is 2.76 bits per heavy atom. The van der Waals surface area contributed by atoms with Crippen LogP contribution in [0.5, 0.6) is 0 Å². The highest BCUT2D eigenvalue weighted by Gasteiger charge is 2.14. The smallest absolute Gasteiger partial charge is 0.0846 e. The Morgan fingerprint density at radius 1 is 1.29 bits per heavy atom. The van der Waals surface area contributed by atoms with Crippen molar-refractivity contribution < 1.29 is 0 Å². The van der Waals surface area contributed by atoms with E-state index in [1.165, 1.54) is 23.3 Å². The SMILES string of the molecule is [CH2]C(CCCC)c1scnc1-c1ccccc1. The number of nitrogens with zero attached hydrogens (tertiary/aromatic N) is 1. The number of thiazole rings is 1. The van der Waals surface area contributed by atoms with Gasteiger partial charge in [0.15, 0.2) is 0 Å². The highest BCUT2D eigenvalue weighted by atomic mass is 32.1. The summed E-state index contributed by atoms with van der Waals surface area (Å²) in [6.45, 7) is 6.49. The monoisotopic (exact) mass is 244 g/mol. The molecule has 0 aliphatic rings. The topological polar surface area (TPSA) is 12.9 Å². The minimum Gasteiger partial charge on any atom is -0.244 e. The number of benzene rings is 1. The maximum atomic E-state index is 4.49. The molecule has 1 aromatic carbocycles. The van der Waals surface area contributed by atoms with Crippen LogP contribution in [-0.2, 0) is 0 Å². The molecule has 1 nitrogen and oxygen atoms in total. The molecule has 1 radical (unpaired) electrons. The van der Waals surface area contributed by atoms with Crippen LogP contribution in [0.2, 0.25) is 0 Å². The van der Waals surface area contributed by atoms with Gasteiger partial charge in [-0.05, 0) is 19.3 Å². The fourth-order valence-corrected chi connectivity index (χ4v) is 2.80. The first-order chi connectivity index (χ1) is 8.33. The third-order valence-electron chi connectivity index (χ3n) is 2.92. The van der Waals surface area contributed by atoms with Crippen LogP contribution < -0.4 is 0 Å². The molecule has 0 N–H and O–H groups in total. The van der Waals surface area contributed by atoms with Gasteiger partial charge in [-0.25, -0.2) is 4.98 Å². The molecule has 0 saturated heterocycles. The fourth-order valence-electron chi connectivity index (χ4n) is 1.94. The van der Waals surface area contributed by atoms with Crippen LogP contribution in [0.15, 0.2) is 35.8 Å². The summed E-state index contributed by atoms with van der Waals surface area (Å²) in [5, 5.41) is 0. The number of unbranched alkanes of at least 4 members (excludes halogenated alkanes) is 1. The summed E-state index contributed by atoms with van der Waals surface area (Å²) < 4.78 is 0. The zero-order valence-corrected chi connectivity index (χ0v) is 11.0. The van der Waals surface area contributed by atoms with Crippen molar-refractivity contribution in [3.8, 4) is 11.3 Å². The molecular formula is C15H18NS. The highest BCUT2D eigenvalue weighted by Crippen LogP contribution is 2.33. The van der Waals surface area contributed by atoms with E-state index < -0.39 is 0 Å². The third kappa shape index (κ3) is 2.95. The molecule has 2 aromatic rings. The number of hydrogen-bond donors (Lipinski definition) is 0. The van der Waals surface area contributed by atoms with Crippen LogP contribution in [0.4, 0.5) is 0 Å². The first-order valence-electron chi connectivity index (χ1n) is 6.14. The Morgan fingerprint density at radius 2 is 2.06 bits per heavy atom. The van der Waals surface area contributed by atoms with E-state index in [2.05, 4.69) is 43.1 Å². The molecule has 0 aliphatic carbocycles. The van der Waals surface area contributed by atoms with Crippen molar-refractivity contribution in [3.05, 3.63) is 47.6 Å². The maximum absolute atomic E-state index is 4.49. The summed E-state index contributed by atoms with van der Waals surface area (Å²) in [6.07, 6.45) is 3.62. The maximum Gasteiger partial charge on any atom is 0.0846 e. The van der Waals surface area contributed by atoms with Gasteiger partial charge in [0, 0.05) is 10.4 Å². The Kier molecular flexibility index (Phi) is 4.32. The normalized spacial score (nSPS) is 12.6. The second kappa shape index (κ2) is 5.97. The van der Waals surface area contributed by atoms with Crippen molar-refractivity contribution in [2.75, 3.05) is 0 Å². The second-order valence-electron chi connectivity index (χ2n) is 4.27. The lowest BCUT2D eigenvalue weighted by atomic mass is 9.99. The van der Waals surface area contributed by atoms with Gasteiger partial charge in [-0.1, -0.05) is 50.1 Å². The molecule has 1 aromatic heterocycles. The van der Waals surface area contributed by atoms with Gasteiger partial charge in [0.05, 0.1) is 11.2 Å². The van der Waals surface area contributed by atoms with E-state index in [1.807, 2.05) is 11.6 Å². The van der Waals surface area contributed by atoms with Crippen molar-refractivity contribution in [1.82, 2.24) is 4.98 Å². The van der Waals surface area contributed by atoms with Gasteiger partial charge < -0.3 is 0 Å². The van der Waals surface area contributed by atoms with Gasteiger partial charge >= 0.3 is 0 Å². The lowest BCUT2D eigenvalue weighted by molar-refractivity contribution is 0.668. The molecule has 2 rings (SSSR count). The largest absolute Gasteiger partial charge is 0.244 e. The molecule has 1 heterocycles. The van der Waals surface area contributed by atoms with E-state index in [9.17, 15) is 0 Å². The molecule has 17 heavy (non-hydrogen) atoms. The Labute approximate surface area is 108 Å². The fraction of sp³-hybridized carbons (Fsp3) is 0.333. The molecule has 0 spiro atoms. The van der Waals surface area contributed by atoms with Gasteiger partial charge in [-0.15, -0.1) is 11.3 Å². The lowest BCUT2D eigenvalue weighted by Gasteiger charge is -2.10.